The van der Waals surface area contributed by atoms with E-state index in [0.29, 0.717) is 5.56 Å². The highest BCUT2D eigenvalue weighted by atomic mass is 32.2. The lowest BCUT2D eigenvalue weighted by atomic mass is 10.0. The number of amides is 2. The third kappa shape index (κ3) is 5.19. The van der Waals surface area contributed by atoms with Gasteiger partial charge in [-0.1, -0.05) is 36.4 Å². The van der Waals surface area contributed by atoms with Gasteiger partial charge in [-0.25, -0.2) is 8.42 Å². The minimum absolute atomic E-state index is 0.0184. The molecule has 0 bridgehead atoms. The van der Waals surface area contributed by atoms with E-state index in [0.717, 1.165) is 6.07 Å². The van der Waals surface area contributed by atoms with E-state index in [-0.39, 0.29) is 35.8 Å². The van der Waals surface area contributed by atoms with Crippen molar-refractivity contribution in [3.8, 4) is 0 Å². The zero-order valence-electron chi connectivity index (χ0n) is 15.9. The number of benzene rings is 2. The summed E-state index contributed by atoms with van der Waals surface area (Å²) in [5, 5.41) is 10.9. The summed E-state index contributed by atoms with van der Waals surface area (Å²) in [4.78, 5) is 37.2. The van der Waals surface area contributed by atoms with Gasteiger partial charge >= 0.3 is 0 Å². The molecule has 0 radical (unpaired) electrons. The zero-order chi connectivity index (χ0) is 21.7. The fraction of sp³-hybridized carbons (Fsp3) is 0.263. The molecule has 1 heterocycles. The average molecular weight is 432 g/mol. The number of nitro benzene ring substituents is 1. The first kappa shape index (κ1) is 21.4. The van der Waals surface area contributed by atoms with Crippen LogP contribution in [0, 0.1) is 10.1 Å². The molecular formula is C19H20N4O6S. The number of hydrogen-bond acceptors (Lipinski definition) is 7. The molecule has 0 aromatic heterocycles. The van der Waals surface area contributed by atoms with E-state index in [9.17, 15) is 28.1 Å². The topological polar surface area (TPSA) is 139 Å². The number of carbonyl (C=O) groups excluding carboxylic acids is 2. The van der Waals surface area contributed by atoms with Crippen LogP contribution in [0.4, 0.5) is 5.69 Å². The Morgan fingerprint density at radius 1 is 1.00 bits per heavy atom. The van der Waals surface area contributed by atoms with Crippen molar-refractivity contribution in [2.24, 2.45) is 0 Å². The second-order valence-corrected chi connectivity index (χ2v) is 9.06. The van der Waals surface area contributed by atoms with Crippen molar-refractivity contribution in [1.29, 1.82) is 0 Å². The Morgan fingerprint density at radius 2 is 1.67 bits per heavy atom. The van der Waals surface area contributed by atoms with E-state index in [1.165, 1.54) is 18.2 Å². The lowest BCUT2D eigenvalue weighted by molar-refractivity contribution is -0.384. The molecule has 30 heavy (non-hydrogen) atoms. The summed E-state index contributed by atoms with van der Waals surface area (Å²) in [6.45, 7) is 0.377. The molecule has 0 aliphatic carbocycles. The van der Waals surface area contributed by atoms with Gasteiger partial charge in [0, 0.05) is 30.8 Å². The average Bonchev–Trinajstić information content (AvgIpc) is 2.74. The Bertz CT molecular complexity index is 1040. The molecule has 2 amide bonds. The molecule has 10 nitrogen and oxygen atoms in total. The molecule has 158 valence electrons. The smallest absolute Gasteiger partial charge is 0.270 e. The van der Waals surface area contributed by atoms with Crippen molar-refractivity contribution >= 4 is 27.3 Å². The highest BCUT2D eigenvalue weighted by Crippen LogP contribution is 2.23. The quantitative estimate of drug-likeness (QED) is 0.527. The molecule has 0 spiro atoms. The SMILES string of the molecule is O=C(NNC(=O)C(c1ccccc1)N1CCS(=O)(=O)CC1)c1cccc([N+](=O)[O-])c1. The Morgan fingerprint density at radius 3 is 2.30 bits per heavy atom. The molecule has 2 aromatic carbocycles. The molecule has 1 unspecified atom stereocenters. The van der Waals surface area contributed by atoms with Gasteiger partial charge in [-0.15, -0.1) is 0 Å². The van der Waals surface area contributed by atoms with Crippen LogP contribution < -0.4 is 10.9 Å². The van der Waals surface area contributed by atoms with Crippen molar-refractivity contribution < 1.29 is 22.9 Å². The highest BCUT2D eigenvalue weighted by Gasteiger charge is 2.32. The number of sulfone groups is 1. The highest BCUT2D eigenvalue weighted by molar-refractivity contribution is 7.91. The lowest BCUT2D eigenvalue weighted by Crippen LogP contribution is -2.51. The summed E-state index contributed by atoms with van der Waals surface area (Å²) < 4.78 is 23.5. The molecule has 1 atom stereocenters. The summed E-state index contributed by atoms with van der Waals surface area (Å²) in [6, 6.07) is 13.1. The molecule has 2 aromatic rings. The standard InChI is InChI=1S/C19H20N4O6S/c24-18(15-7-4-8-16(13-15)23(26)27)20-21-19(25)17(14-5-2-1-3-6-14)22-9-11-30(28,29)12-10-22/h1-8,13,17H,9-12H2,(H,20,24)(H,21,25). The fourth-order valence-electron chi connectivity index (χ4n) is 3.17. The number of nitrogens with zero attached hydrogens (tertiary/aromatic N) is 2. The van der Waals surface area contributed by atoms with Crippen molar-refractivity contribution in [2.45, 2.75) is 6.04 Å². The van der Waals surface area contributed by atoms with E-state index in [2.05, 4.69) is 10.9 Å². The Labute approximate surface area is 172 Å². The summed E-state index contributed by atoms with van der Waals surface area (Å²) in [6.07, 6.45) is 0. The minimum Gasteiger partial charge on any atom is -0.286 e. The number of non-ortho nitro benzene ring substituents is 1. The maximum absolute atomic E-state index is 12.9. The van der Waals surface area contributed by atoms with Crippen molar-refractivity contribution in [1.82, 2.24) is 15.8 Å². The van der Waals surface area contributed by atoms with Crippen molar-refractivity contribution in [3.05, 3.63) is 75.8 Å². The van der Waals surface area contributed by atoms with Crippen LogP contribution in [0.15, 0.2) is 54.6 Å². The van der Waals surface area contributed by atoms with Crippen molar-refractivity contribution in [2.75, 3.05) is 24.6 Å². The molecule has 11 heteroatoms. The van der Waals surface area contributed by atoms with Crippen LogP contribution >= 0.6 is 0 Å². The molecule has 3 rings (SSSR count). The van der Waals surface area contributed by atoms with Gasteiger partial charge in [0.15, 0.2) is 9.84 Å². The van der Waals surface area contributed by atoms with Gasteiger partial charge in [-0.05, 0) is 11.6 Å². The molecule has 1 saturated heterocycles. The zero-order valence-corrected chi connectivity index (χ0v) is 16.7. The number of nitrogens with one attached hydrogen (secondary N) is 2. The minimum atomic E-state index is -3.13. The van der Waals surface area contributed by atoms with Gasteiger partial charge in [0.2, 0.25) is 0 Å². The molecule has 1 aliphatic rings. The van der Waals surface area contributed by atoms with Gasteiger partial charge in [-0.3, -0.25) is 35.5 Å². The number of hydrogen-bond donors (Lipinski definition) is 2. The third-order valence-corrected chi connectivity index (χ3v) is 6.34. The fourth-order valence-corrected chi connectivity index (χ4v) is 4.40. The molecule has 2 N–H and O–H groups in total. The molecule has 0 saturated carbocycles. The van der Waals surface area contributed by atoms with Gasteiger partial charge in [0.25, 0.3) is 17.5 Å². The third-order valence-electron chi connectivity index (χ3n) is 4.73. The van der Waals surface area contributed by atoms with Crippen LogP contribution in [0.25, 0.3) is 0 Å². The number of carbonyl (C=O) groups is 2. The largest absolute Gasteiger partial charge is 0.286 e. The maximum atomic E-state index is 12.9. The molecule has 1 fully saturated rings. The van der Waals surface area contributed by atoms with E-state index in [1.54, 1.807) is 35.2 Å². The van der Waals surface area contributed by atoms with Gasteiger partial charge in [-0.2, -0.15) is 0 Å². The van der Waals surface area contributed by atoms with E-state index >= 15 is 0 Å². The predicted molar refractivity (Wildman–Crippen MR) is 108 cm³/mol. The van der Waals surface area contributed by atoms with Crippen LogP contribution in [0.2, 0.25) is 0 Å². The maximum Gasteiger partial charge on any atom is 0.270 e. The van der Waals surface area contributed by atoms with Gasteiger partial charge in [0.05, 0.1) is 16.4 Å². The Kier molecular flexibility index (Phi) is 6.43. The Hall–Kier alpha value is -3.31. The van der Waals surface area contributed by atoms with E-state index in [1.807, 2.05) is 0 Å². The molecule has 1 aliphatic heterocycles. The van der Waals surface area contributed by atoms with Gasteiger partial charge < -0.3 is 0 Å². The van der Waals surface area contributed by atoms with Crippen LogP contribution in [0.5, 0.6) is 0 Å². The monoisotopic (exact) mass is 432 g/mol. The second kappa shape index (κ2) is 9.01. The van der Waals surface area contributed by atoms with Crippen LogP contribution in [-0.4, -0.2) is 54.7 Å². The summed E-state index contributed by atoms with van der Waals surface area (Å²) in [7, 11) is -3.13. The van der Waals surface area contributed by atoms with E-state index < -0.39 is 32.6 Å². The van der Waals surface area contributed by atoms with Crippen LogP contribution in [0.1, 0.15) is 22.0 Å². The normalized spacial score (nSPS) is 16.9. The number of hydrazine groups is 1. The van der Waals surface area contributed by atoms with Gasteiger partial charge in [0.1, 0.15) is 6.04 Å². The second-order valence-electron chi connectivity index (χ2n) is 6.75. The number of nitro groups is 1. The summed E-state index contributed by atoms with van der Waals surface area (Å²) in [5.41, 5.74) is 5.04. The van der Waals surface area contributed by atoms with Crippen LogP contribution in [0.3, 0.4) is 0 Å². The van der Waals surface area contributed by atoms with Crippen LogP contribution in [-0.2, 0) is 14.6 Å². The van der Waals surface area contributed by atoms with E-state index in [4.69, 9.17) is 0 Å². The Balaban J connectivity index is 1.73. The number of rotatable bonds is 5. The summed E-state index contributed by atoms with van der Waals surface area (Å²) in [5.74, 6) is -1.35. The predicted octanol–water partition coefficient (Wildman–Crippen LogP) is 0.828. The first-order valence-corrected chi connectivity index (χ1v) is 10.9. The first-order valence-electron chi connectivity index (χ1n) is 9.11. The first-order chi connectivity index (χ1) is 14.3. The van der Waals surface area contributed by atoms with Crippen molar-refractivity contribution in [3.63, 3.8) is 0 Å². The molecular weight excluding hydrogens is 412 g/mol. The summed E-state index contributed by atoms with van der Waals surface area (Å²) >= 11 is 0. The lowest BCUT2D eigenvalue weighted by Gasteiger charge is -2.33.